The minimum Gasteiger partial charge on any atom is -0.328 e. The molecule has 0 radical (unpaired) electrons. The second-order valence-corrected chi connectivity index (χ2v) is 3.10. The molecule has 0 spiro atoms. The molecule has 4 heteroatoms. The lowest BCUT2D eigenvalue weighted by Gasteiger charge is -2.24. The topological polar surface area (TPSA) is 46.3 Å². The molecule has 0 saturated carbocycles. The van der Waals surface area contributed by atoms with Crippen molar-refractivity contribution in [2.45, 2.75) is 18.9 Å². The summed E-state index contributed by atoms with van der Waals surface area (Å²) in [4.78, 5) is 0. The molecule has 0 aliphatic carbocycles. The number of piperidine rings is 1. The molecule has 1 aliphatic heterocycles. The van der Waals surface area contributed by atoms with Crippen LogP contribution in [0.5, 0.6) is 0 Å². The molecule has 1 fully saturated rings. The van der Waals surface area contributed by atoms with Gasteiger partial charge in [0.15, 0.2) is 0 Å². The molecule has 0 amide bonds. The van der Waals surface area contributed by atoms with Gasteiger partial charge in [0.05, 0.1) is 11.9 Å². The summed E-state index contributed by atoms with van der Waals surface area (Å²) in [6.07, 6.45) is 1.96. The Hall–Kier alpha value is 0.0700. The van der Waals surface area contributed by atoms with E-state index in [2.05, 4.69) is 0 Å². The van der Waals surface area contributed by atoms with Gasteiger partial charge in [0.25, 0.3) is 0 Å². The van der Waals surface area contributed by atoms with Crippen molar-refractivity contribution in [3.05, 3.63) is 0 Å². The molecular weight excluding hydrogens is 136 g/mol. The van der Waals surface area contributed by atoms with Crippen LogP contribution in [0.4, 0.5) is 0 Å². The van der Waals surface area contributed by atoms with E-state index < -0.39 is 0 Å². The Morgan fingerprint density at radius 3 is 2.44 bits per heavy atom. The fourth-order valence-electron chi connectivity index (χ4n) is 0.967. The van der Waals surface area contributed by atoms with Crippen LogP contribution in [0.25, 0.3) is 0 Å². The largest absolute Gasteiger partial charge is 0.328 e. The number of hydrogen-bond acceptors (Lipinski definition) is 2. The molecule has 1 saturated heterocycles. The number of rotatable bonds is 1. The quantitative estimate of drug-likeness (QED) is 0.482. The Bertz CT molecular complexity index is 101. The summed E-state index contributed by atoms with van der Waals surface area (Å²) < 4.78 is 12.1. The summed E-state index contributed by atoms with van der Waals surface area (Å²) in [5.74, 6) is 0. The van der Waals surface area contributed by atoms with Crippen LogP contribution < -0.4 is 5.73 Å². The van der Waals surface area contributed by atoms with Crippen molar-refractivity contribution in [3.8, 4) is 0 Å². The van der Waals surface area contributed by atoms with Gasteiger partial charge in [-0.05, 0) is 12.8 Å². The predicted molar refractivity (Wildman–Crippen MR) is 38.3 cm³/mol. The van der Waals surface area contributed by atoms with Crippen molar-refractivity contribution in [2.75, 3.05) is 13.1 Å². The molecule has 54 valence electrons. The molecular formula is C5H12N2OS. The van der Waals surface area contributed by atoms with Crippen molar-refractivity contribution in [2.24, 2.45) is 5.73 Å². The van der Waals surface area contributed by atoms with Crippen molar-refractivity contribution < 1.29 is 4.21 Å². The fourth-order valence-corrected chi connectivity index (χ4v) is 1.36. The van der Waals surface area contributed by atoms with E-state index in [0.717, 1.165) is 25.9 Å². The van der Waals surface area contributed by atoms with E-state index in [1.807, 2.05) is 4.31 Å². The number of thiol groups is 1. The first-order chi connectivity index (χ1) is 4.33. The molecule has 1 aliphatic rings. The van der Waals surface area contributed by atoms with Crippen LogP contribution in [0.3, 0.4) is 0 Å². The second kappa shape index (κ2) is 3.29. The Balaban J connectivity index is 2.26. The zero-order valence-corrected chi connectivity index (χ0v) is 6.18. The summed E-state index contributed by atoms with van der Waals surface area (Å²) in [6, 6.07) is 0.336. The monoisotopic (exact) mass is 148 g/mol. The van der Waals surface area contributed by atoms with E-state index in [4.69, 9.17) is 5.73 Å². The lowest BCUT2D eigenvalue weighted by atomic mass is 10.1. The molecule has 0 aromatic carbocycles. The zero-order valence-electron chi connectivity index (χ0n) is 5.29. The maximum absolute atomic E-state index is 10.2. The average molecular weight is 148 g/mol. The second-order valence-electron chi connectivity index (χ2n) is 2.37. The fraction of sp³-hybridized carbons (Fsp3) is 1.00. The van der Waals surface area contributed by atoms with E-state index >= 15 is 0 Å². The standard InChI is InChI=1S/C5H12N2OS/c6-5-1-3-7(9-8)4-2-5/h5,9H,1-4,6H2. The molecule has 1 heterocycles. The van der Waals surface area contributed by atoms with Crippen molar-refractivity contribution in [1.29, 1.82) is 0 Å². The summed E-state index contributed by atoms with van der Waals surface area (Å²) in [7, 11) is 0. The van der Waals surface area contributed by atoms with Crippen LogP contribution in [0.1, 0.15) is 12.8 Å². The van der Waals surface area contributed by atoms with Gasteiger partial charge in [-0.3, -0.25) is 0 Å². The third-order valence-electron chi connectivity index (χ3n) is 1.63. The van der Waals surface area contributed by atoms with Crippen LogP contribution in [-0.4, -0.2) is 27.6 Å². The third kappa shape index (κ3) is 2.04. The molecule has 2 N–H and O–H groups in total. The molecule has 0 atom stereocenters. The van der Waals surface area contributed by atoms with Gasteiger partial charge in [0, 0.05) is 19.1 Å². The van der Waals surface area contributed by atoms with E-state index in [0.29, 0.717) is 6.04 Å². The van der Waals surface area contributed by atoms with Gasteiger partial charge in [0.1, 0.15) is 0 Å². The Morgan fingerprint density at radius 1 is 1.44 bits per heavy atom. The van der Waals surface area contributed by atoms with Crippen molar-refractivity contribution in [3.63, 3.8) is 0 Å². The molecule has 0 bridgehead atoms. The van der Waals surface area contributed by atoms with Gasteiger partial charge in [-0.15, -0.1) is 0 Å². The summed E-state index contributed by atoms with van der Waals surface area (Å²) >= 11 is 0.150. The van der Waals surface area contributed by atoms with Crippen LogP contribution in [0.2, 0.25) is 0 Å². The van der Waals surface area contributed by atoms with Crippen LogP contribution in [0.15, 0.2) is 0 Å². The highest BCUT2D eigenvalue weighted by atomic mass is 32.2. The van der Waals surface area contributed by atoms with E-state index in [1.54, 1.807) is 0 Å². The SMILES string of the molecule is NC1CCN([SH]=O)CC1. The Kier molecular flexibility index (Phi) is 2.63. The van der Waals surface area contributed by atoms with E-state index in [-0.39, 0.29) is 11.9 Å². The molecule has 0 unspecified atom stereocenters. The molecule has 0 aromatic rings. The van der Waals surface area contributed by atoms with Crippen molar-refractivity contribution >= 4 is 11.9 Å². The lowest BCUT2D eigenvalue weighted by molar-refractivity contribution is 0.340. The summed E-state index contributed by atoms with van der Waals surface area (Å²) in [5, 5.41) is 0. The highest BCUT2D eigenvalue weighted by Crippen LogP contribution is 2.05. The van der Waals surface area contributed by atoms with E-state index in [9.17, 15) is 4.21 Å². The number of hydrogen-bond donors (Lipinski definition) is 2. The van der Waals surface area contributed by atoms with Crippen molar-refractivity contribution in [1.82, 2.24) is 4.31 Å². The highest BCUT2D eigenvalue weighted by molar-refractivity contribution is 7.62. The van der Waals surface area contributed by atoms with Gasteiger partial charge >= 0.3 is 0 Å². The zero-order chi connectivity index (χ0) is 6.69. The normalized spacial score (nSPS) is 24.6. The van der Waals surface area contributed by atoms with Gasteiger partial charge in [0.2, 0.25) is 0 Å². The van der Waals surface area contributed by atoms with Gasteiger partial charge in [-0.25, -0.2) is 8.51 Å². The first-order valence-corrected chi connectivity index (χ1v) is 3.93. The number of nitrogens with two attached hydrogens (primary N) is 1. The molecule has 3 nitrogen and oxygen atoms in total. The Labute approximate surface area is 58.8 Å². The van der Waals surface area contributed by atoms with Crippen LogP contribution in [-0.2, 0) is 11.9 Å². The van der Waals surface area contributed by atoms with Gasteiger partial charge in [-0.1, -0.05) is 0 Å². The maximum Gasteiger partial charge on any atom is 0.0808 e. The third-order valence-corrected chi connectivity index (χ3v) is 2.26. The first kappa shape index (κ1) is 7.18. The highest BCUT2D eigenvalue weighted by Gasteiger charge is 2.13. The maximum atomic E-state index is 10.2. The molecule has 0 aromatic heterocycles. The van der Waals surface area contributed by atoms with E-state index in [1.165, 1.54) is 0 Å². The lowest BCUT2D eigenvalue weighted by Crippen LogP contribution is -2.37. The van der Waals surface area contributed by atoms with Crippen LogP contribution in [0, 0.1) is 0 Å². The average Bonchev–Trinajstić information content (AvgIpc) is 1.90. The predicted octanol–water partition coefficient (Wildman–Crippen LogP) is -0.730. The molecule has 1 rings (SSSR count). The summed E-state index contributed by atoms with van der Waals surface area (Å²) in [5.41, 5.74) is 5.62. The first-order valence-electron chi connectivity index (χ1n) is 3.16. The summed E-state index contributed by atoms with van der Waals surface area (Å²) in [6.45, 7) is 1.76. The number of nitrogens with zero attached hydrogens (tertiary/aromatic N) is 1. The van der Waals surface area contributed by atoms with Gasteiger partial charge < -0.3 is 5.73 Å². The minimum absolute atomic E-state index is 0.150. The molecule has 9 heavy (non-hydrogen) atoms. The smallest absolute Gasteiger partial charge is 0.0808 e. The van der Waals surface area contributed by atoms with Gasteiger partial charge in [-0.2, -0.15) is 0 Å². The minimum atomic E-state index is 0.150. The van der Waals surface area contributed by atoms with Crippen LogP contribution >= 0.6 is 0 Å². The Morgan fingerprint density at radius 2 is 2.00 bits per heavy atom.